The topological polar surface area (TPSA) is 16.4 Å². The molecule has 10 rings (SSSR count). The van der Waals surface area contributed by atoms with E-state index in [9.17, 15) is 0 Å². The summed E-state index contributed by atoms with van der Waals surface area (Å²) in [5.41, 5.74) is 10.4. The first kappa shape index (κ1) is 32.2. The third-order valence-electron chi connectivity index (χ3n) is 11.6. The minimum Gasteiger partial charge on any atom is -0.456 e. The molecule has 0 amide bonds. The predicted octanol–water partition coefficient (Wildman–Crippen LogP) is 10.7. The van der Waals surface area contributed by atoms with Gasteiger partial charge in [-0.15, -0.1) is 0 Å². The van der Waals surface area contributed by atoms with E-state index in [0.717, 1.165) is 39.0 Å². The van der Waals surface area contributed by atoms with Gasteiger partial charge in [-0.2, -0.15) is 0 Å². The monoisotopic (exact) mass is 709 g/mol. The second-order valence-electron chi connectivity index (χ2n) is 14.9. The SMILES string of the molecule is CC1(C)c2ccccc2-c2ccc(N(c3ccc([Si](c4ccccc4)(c4ccccc4)c4ccccc4)cc3)c3ccc4oc5ccccc5c4c3)cc21. The van der Waals surface area contributed by atoms with Crippen LogP contribution >= 0.6 is 0 Å². The number of hydrogen-bond acceptors (Lipinski definition) is 2. The number of benzene rings is 8. The molecule has 1 aromatic heterocycles. The van der Waals surface area contributed by atoms with Crippen molar-refractivity contribution in [1.29, 1.82) is 0 Å². The summed E-state index contributed by atoms with van der Waals surface area (Å²) in [4.78, 5) is 2.42. The molecule has 8 aromatic carbocycles. The van der Waals surface area contributed by atoms with Crippen LogP contribution in [0.3, 0.4) is 0 Å². The fourth-order valence-electron chi connectivity index (χ4n) is 9.06. The Morgan fingerprint density at radius 3 is 1.54 bits per heavy atom. The van der Waals surface area contributed by atoms with Crippen molar-refractivity contribution in [3.05, 3.63) is 211 Å². The van der Waals surface area contributed by atoms with Gasteiger partial charge in [0.2, 0.25) is 0 Å². The molecule has 0 saturated heterocycles. The van der Waals surface area contributed by atoms with Crippen molar-refractivity contribution in [2.24, 2.45) is 0 Å². The highest BCUT2D eigenvalue weighted by Gasteiger charge is 2.41. The van der Waals surface area contributed by atoms with Gasteiger partial charge >= 0.3 is 0 Å². The van der Waals surface area contributed by atoms with Crippen LogP contribution in [0.1, 0.15) is 25.0 Å². The maximum atomic E-state index is 6.29. The third-order valence-corrected chi connectivity index (χ3v) is 16.4. The lowest BCUT2D eigenvalue weighted by molar-refractivity contribution is 0.660. The van der Waals surface area contributed by atoms with E-state index in [4.69, 9.17) is 4.42 Å². The molecule has 2 nitrogen and oxygen atoms in total. The van der Waals surface area contributed by atoms with Crippen molar-refractivity contribution in [3.8, 4) is 11.1 Å². The van der Waals surface area contributed by atoms with Crippen LogP contribution in [0.25, 0.3) is 33.1 Å². The Morgan fingerprint density at radius 1 is 0.389 bits per heavy atom. The molecule has 3 heteroatoms. The number of hydrogen-bond donors (Lipinski definition) is 0. The molecule has 0 unspecified atom stereocenters. The van der Waals surface area contributed by atoms with Gasteiger partial charge in [-0.05, 0) is 91.5 Å². The fraction of sp³-hybridized carbons (Fsp3) is 0.0588. The van der Waals surface area contributed by atoms with Crippen LogP contribution in [0.15, 0.2) is 205 Å². The maximum Gasteiger partial charge on any atom is 0.179 e. The van der Waals surface area contributed by atoms with Gasteiger partial charge in [0.1, 0.15) is 11.2 Å². The minimum atomic E-state index is -2.67. The van der Waals surface area contributed by atoms with Crippen molar-refractivity contribution in [1.82, 2.24) is 0 Å². The van der Waals surface area contributed by atoms with Gasteiger partial charge < -0.3 is 9.32 Å². The zero-order chi connectivity index (χ0) is 36.3. The van der Waals surface area contributed by atoms with Crippen LogP contribution in [-0.4, -0.2) is 8.07 Å². The lowest BCUT2D eigenvalue weighted by Gasteiger charge is -2.35. The summed E-state index contributed by atoms with van der Waals surface area (Å²) < 4.78 is 6.29. The standard InChI is InChI=1S/C51H39NOSi/c1-51(2)47-24-14-12-22-43(47)44-32-28-38(35-48(44)51)52(37-29-33-50-46(34-37)45-23-13-15-25-49(45)53-50)36-26-30-42(31-27-36)54(39-16-6-3-7-17-39,40-18-8-4-9-19-40)41-20-10-5-11-21-41/h3-35H,1-2H3. The van der Waals surface area contributed by atoms with Crippen LogP contribution in [-0.2, 0) is 5.41 Å². The molecule has 0 spiro atoms. The van der Waals surface area contributed by atoms with Gasteiger partial charge in [0.15, 0.2) is 8.07 Å². The average molecular weight is 710 g/mol. The quantitative estimate of drug-likeness (QED) is 0.121. The first-order valence-electron chi connectivity index (χ1n) is 18.8. The minimum absolute atomic E-state index is 0.117. The number of fused-ring (bicyclic) bond motifs is 6. The van der Waals surface area contributed by atoms with Crippen LogP contribution in [0.2, 0.25) is 0 Å². The van der Waals surface area contributed by atoms with E-state index in [-0.39, 0.29) is 5.41 Å². The summed E-state index contributed by atoms with van der Waals surface area (Å²) in [5, 5.41) is 7.68. The van der Waals surface area contributed by atoms with Gasteiger partial charge in [0, 0.05) is 33.2 Å². The first-order chi connectivity index (χ1) is 26.5. The molecule has 1 aliphatic carbocycles. The second kappa shape index (κ2) is 12.6. The number of furan rings is 1. The van der Waals surface area contributed by atoms with Gasteiger partial charge in [0.05, 0.1) is 0 Å². The van der Waals surface area contributed by atoms with E-state index in [1.54, 1.807) is 0 Å². The van der Waals surface area contributed by atoms with E-state index >= 15 is 0 Å². The normalized spacial score (nSPS) is 13.1. The number of rotatable bonds is 7. The Labute approximate surface area is 317 Å². The molecule has 0 radical (unpaired) electrons. The second-order valence-corrected chi connectivity index (χ2v) is 18.7. The molecule has 0 saturated carbocycles. The molecule has 9 aromatic rings. The van der Waals surface area contributed by atoms with Gasteiger partial charge in [-0.3, -0.25) is 0 Å². The molecule has 1 heterocycles. The zero-order valence-corrected chi connectivity index (χ0v) is 31.4. The fourth-order valence-corrected chi connectivity index (χ4v) is 13.8. The highest BCUT2D eigenvalue weighted by molar-refractivity contribution is 7.19. The molecular weight excluding hydrogens is 671 g/mol. The molecule has 258 valence electrons. The lowest BCUT2D eigenvalue weighted by atomic mass is 9.82. The summed E-state index contributed by atoms with van der Waals surface area (Å²) in [7, 11) is -2.67. The Balaban J connectivity index is 1.18. The zero-order valence-electron chi connectivity index (χ0n) is 30.4. The van der Waals surface area contributed by atoms with E-state index in [1.807, 2.05) is 12.1 Å². The average Bonchev–Trinajstić information content (AvgIpc) is 3.71. The summed E-state index contributed by atoms with van der Waals surface area (Å²) in [5.74, 6) is 0. The van der Waals surface area contributed by atoms with Crippen LogP contribution in [0, 0.1) is 0 Å². The summed E-state index contributed by atoms with van der Waals surface area (Å²) in [6, 6.07) is 73.6. The van der Waals surface area contributed by atoms with Gasteiger partial charge in [0.25, 0.3) is 0 Å². The molecule has 0 N–H and O–H groups in total. The van der Waals surface area contributed by atoms with Crippen molar-refractivity contribution >= 4 is 67.8 Å². The Hall–Kier alpha value is -6.42. The first-order valence-corrected chi connectivity index (χ1v) is 20.8. The van der Waals surface area contributed by atoms with Gasteiger partial charge in [-0.1, -0.05) is 166 Å². The molecule has 54 heavy (non-hydrogen) atoms. The van der Waals surface area contributed by atoms with Crippen LogP contribution in [0.5, 0.6) is 0 Å². The predicted molar refractivity (Wildman–Crippen MR) is 230 cm³/mol. The highest BCUT2D eigenvalue weighted by Crippen LogP contribution is 2.50. The van der Waals surface area contributed by atoms with E-state index < -0.39 is 8.07 Å². The lowest BCUT2D eigenvalue weighted by Crippen LogP contribution is -2.74. The molecular formula is C51H39NOSi. The Morgan fingerprint density at radius 2 is 0.870 bits per heavy atom. The van der Waals surface area contributed by atoms with E-state index in [1.165, 1.54) is 43.0 Å². The van der Waals surface area contributed by atoms with Crippen molar-refractivity contribution in [2.75, 3.05) is 4.90 Å². The number of para-hydroxylation sites is 1. The summed E-state index contributed by atoms with van der Waals surface area (Å²) >= 11 is 0. The molecule has 0 fully saturated rings. The largest absolute Gasteiger partial charge is 0.456 e. The highest BCUT2D eigenvalue weighted by atomic mass is 28.3. The summed E-state index contributed by atoms with van der Waals surface area (Å²) in [6.07, 6.45) is 0. The smallest absolute Gasteiger partial charge is 0.179 e. The van der Waals surface area contributed by atoms with E-state index in [2.05, 4.69) is 207 Å². The molecule has 0 bridgehead atoms. The molecule has 1 aliphatic rings. The van der Waals surface area contributed by atoms with Crippen molar-refractivity contribution < 1.29 is 4.42 Å². The Bertz CT molecular complexity index is 2690. The molecule has 0 aliphatic heterocycles. The van der Waals surface area contributed by atoms with Crippen LogP contribution < -0.4 is 25.6 Å². The maximum absolute atomic E-state index is 6.29. The Kier molecular flexibility index (Phi) is 7.53. The van der Waals surface area contributed by atoms with Crippen LogP contribution in [0.4, 0.5) is 17.1 Å². The van der Waals surface area contributed by atoms with E-state index in [0.29, 0.717) is 0 Å². The molecule has 0 atom stereocenters. The van der Waals surface area contributed by atoms with Crippen molar-refractivity contribution in [3.63, 3.8) is 0 Å². The summed E-state index contributed by atoms with van der Waals surface area (Å²) in [6.45, 7) is 4.70. The van der Waals surface area contributed by atoms with Gasteiger partial charge in [-0.25, -0.2) is 0 Å². The van der Waals surface area contributed by atoms with Crippen molar-refractivity contribution in [2.45, 2.75) is 19.3 Å². The number of anilines is 3. The third kappa shape index (κ3) is 4.93. The number of nitrogens with zero attached hydrogens (tertiary/aromatic N) is 1.